The SMILES string of the molecule is Cc1ccc(NC(=O)c2c(NC(=O)Cc3ccccc3)sc3c2CCC(C(C)(C)C)C3)cc1. The highest BCUT2D eigenvalue weighted by Gasteiger charge is 2.34. The first-order chi connectivity index (χ1) is 15.7. The van der Waals surface area contributed by atoms with Crippen LogP contribution in [0.25, 0.3) is 0 Å². The van der Waals surface area contributed by atoms with E-state index in [0.717, 1.165) is 41.6 Å². The predicted molar refractivity (Wildman–Crippen MR) is 137 cm³/mol. The van der Waals surface area contributed by atoms with E-state index >= 15 is 0 Å². The topological polar surface area (TPSA) is 58.2 Å². The zero-order chi connectivity index (χ0) is 23.6. The fraction of sp³-hybridized carbons (Fsp3) is 0.357. The predicted octanol–water partition coefficient (Wildman–Crippen LogP) is 6.64. The van der Waals surface area contributed by atoms with Crippen LogP contribution in [-0.4, -0.2) is 11.8 Å². The molecule has 172 valence electrons. The van der Waals surface area contributed by atoms with Gasteiger partial charge in [-0.15, -0.1) is 11.3 Å². The lowest BCUT2D eigenvalue weighted by Gasteiger charge is -2.33. The molecule has 1 aromatic heterocycles. The van der Waals surface area contributed by atoms with Crippen LogP contribution in [0.5, 0.6) is 0 Å². The summed E-state index contributed by atoms with van der Waals surface area (Å²) < 4.78 is 0. The van der Waals surface area contributed by atoms with Crippen molar-refractivity contribution in [2.75, 3.05) is 10.6 Å². The molecule has 1 aliphatic carbocycles. The van der Waals surface area contributed by atoms with E-state index in [4.69, 9.17) is 0 Å². The Morgan fingerprint density at radius 3 is 2.36 bits per heavy atom. The standard InChI is InChI=1S/C28H32N2O2S/c1-18-10-13-21(14-11-18)29-26(32)25-22-15-12-20(28(2,3)4)17-23(22)33-27(25)30-24(31)16-19-8-6-5-7-9-19/h5-11,13-14,20H,12,15-17H2,1-4H3,(H,29,32)(H,30,31). The highest BCUT2D eigenvalue weighted by Crippen LogP contribution is 2.44. The fourth-order valence-corrected chi connectivity index (χ4v) is 5.78. The second-order valence-electron chi connectivity index (χ2n) is 10.0. The van der Waals surface area contributed by atoms with Gasteiger partial charge in [0.25, 0.3) is 5.91 Å². The molecular formula is C28H32N2O2S. The van der Waals surface area contributed by atoms with E-state index in [9.17, 15) is 9.59 Å². The van der Waals surface area contributed by atoms with Gasteiger partial charge in [0.2, 0.25) is 5.91 Å². The minimum atomic E-state index is -0.152. The quantitative estimate of drug-likeness (QED) is 0.448. The number of fused-ring (bicyclic) bond motifs is 1. The second-order valence-corrected chi connectivity index (χ2v) is 11.1. The molecule has 0 saturated heterocycles. The van der Waals surface area contributed by atoms with Crippen LogP contribution in [0.3, 0.4) is 0 Å². The summed E-state index contributed by atoms with van der Waals surface area (Å²) in [5.74, 6) is 0.307. The zero-order valence-electron chi connectivity index (χ0n) is 19.8. The highest BCUT2D eigenvalue weighted by molar-refractivity contribution is 7.17. The smallest absolute Gasteiger partial charge is 0.258 e. The molecule has 2 N–H and O–H groups in total. The fourth-order valence-electron chi connectivity index (χ4n) is 4.44. The molecule has 3 aromatic rings. The van der Waals surface area contributed by atoms with Gasteiger partial charge < -0.3 is 10.6 Å². The van der Waals surface area contributed by atoms with E-state index in [-0.39, 0.29) is 23.7 Å². The van der Waals surface area contributed by atoms with Crippen molar-refractivity contribution in [1.29, 1.82) is 0 Å². The Hall–Kier alpha value is -2.92. The third-order valence-corrected chi connectivity index (χ3v) is 7.66. The van der Waals surface area contributed by atoms with Gasteiger partial charge in [0.1, 0.15) is 5.00 Å². The number of nitrogens with one attached hydrogen (secondary N) is 2. The Balaban J connectivity index is 1.62. The summed E-state index contributed by atoms with van der Waals surface area (Å²) in [6, 6.07) is 17.5. The molecule has 1 aliphatic rings. The Morgan fingerprint density at radius 2 is 1.70 bits per heavy atom. The van der Waals surface area contributed by atoms with Gasteiger partial charge in [-0.2, -0.15) is 0 Å². The molecule has 1 unspecified atom stereocenters. The Bertz CT molecular complexity index is 1140. The number of benzene rings is 2. The first-order valence-electron chi connectivity index (χ1n) is 11.6. The summed E-state index contributed by atoms with van der Waals surface area (Å²) in [6.45, 7) is 8.87. The van der Waals surface area contributed by atoms with Gasteiger partial charge in [0.05, 0.1) is 12.0 Å². The summed E-state index contributed by atoms with van der Waals surface area (Å²) in [5, 5.41) is 6.77. The van der Waals surface area contributed by atoms with Gasteiger partial charge >= 0.3 is 0 Å². The largest absolute Gasteiger partial charge is 0.322 e. The molecule has 4 nitrogen and oxygen atoms in total. The van der Waals surface area contributed by atoms with Crippen molar-refractivity contribution in [2.24, 2.45) is 11.3 Å². The minimum Gasteiger partial charge on any atom is -0.322 e. The molecular weight excluding hydrogens is 428 g/mol. The normalized spacial score (nSPS) is 15.6. The van der Waals surface area contributed by atoms with Crippen LogP contribution < -0.4 is 10.6 Å². The number of hydrogen-bond acceptors (Lipinski definition) is 3. The van der Waals surface area contributed by atoms with E-state index < -0.39 is 0 Å². The number of aryl methyl sites for hydroxylation is 1. The number of carbonyl (C=O) groups is 2. The van der Waals surface area contributed by atoms with Gasteiger partial charge in [-0.05, 0) is 60.8 Å². The maximum absolute atomic E-state index is 13.4. The van der Waals surface area contributed by atoms with Gasteiger partial charge in [-0.3, -0.25) is 9.59 Å². The number of amides is 2. The zero-order valence-corrected chi connectivity index (χ0v) is 20.6. The van der Waals surface area contributed by atoms with Crippen molar-refractivity contribution in [3.63, 3.8) is 0 Å². The maximum atomic E-state index is 13.4. The molecule has 0 fully saturated rings. The second kappa shape index (κ2) is 9.52. The number of carbonyl (C=O) groups excluding carboxylic acids is 2. The molecule has 0 bridgehead atoms. The van der Waals surface area contributed by atoms with Crippen LogP contribution in [0, 0.1) is 18.3 Å². The molecule has 1 heterocycles. The van der Waals surface area contributed by atoms with Crippen LogP contribution in [0.15, 0.2) is 54.6 Å². The average Bonchev–Trinajstić information content (AvgIpc) is 3.12. The molecule has 0 aliphatic heterocycles. The van der Waals surface area contributed by atoms with E-state index in [1.807, 2.05) is 61.5 Å². The van der Waals surface area contributed by atoms with Crippen LogP contribution in [0.2, 0.25) is 0 Å². The third kappa shape index (κ3) is 5.53. The summed E-state index contributed by atoms with van der Waals surface area (Å²) in [5.41, 5.74) is 4.79. The summed E-state index contributed by atoms with van der Waals surface area (Å²) in [6.07, 6.45) is 3.14. The number of rotatable bonds is 5. The monoisotopic (exact) mass is 460 g/mol. The van der Waals surface area contributed by atoms with Gasteiger partial charge in [0.15, 0.2) is 0 Å². The van der Waals surface area contributed by atoms with Crippen molar-refractivity contribution in [3.8, 4) is 0 Å². The Kier molecular flexibility index (Phi) is 6.71. The maximum Gasteiger partial charge on any atom is 0.258 e. The lowest BCUT2D eigenvalue weighted by atomic mass is 9.72. The molecule has 1 atom stereocenters. The van der Waals surface area contributed by atoms with Crippen molar-refractivity contribution >= 4 is 33.8 Å². The molecule has 4 rings (SSSR count). The highest BCUT2D eigenvalue weighted by atomic mass is 32.1. The van der Waals surface area contributed by atoms with Gasteiger partial charge in [0, 0.05) is 10.6 Å². The molecule has 0 saturated carbocycles. The molecule has 5 heteroatoms. The lowest BCUT2D eigenvalue weighted by molar-refractivity contribution is -0.115. The molecule has 2 amide bonds. The average molecular weight is 461 g/mol. The van der Waals surface area contributed by atoms with Gasteiger partial charge in [-0.1, -0.05) is 68.8 Å². The Labute approximate surface area is 200 Å². The van der Waals surface area contributed by atoms with Crippen molar-refractivity contribution < 1.29 is 9.59 Å². The van der Waals surface area contributed by atoms with Crippen molar-refractivity contribution in [3.05, 3.63) is 81.7 Å². The van der Waals surface area contributed by atoms with E-state index in [0.29, 0.717) is 16.5 Å². The molecule has 0 spiro atoms. The summed E-state index contributed by atoms with van der Waals surface area (Å²) in [4.78, 5) is 27.5. The lowest BCUT2D eigenvalue weighted by Crippen LogP contribution is -2.27. The van der Waals surface area contributed by atoms with E-state index in [1.54, 1.807) is 11.3 Å². The first-order valence-corrected chi connectivity index (χ1v) is 12.4. The summed E-state index contributed by atoms with van der Waals surface area (Å²) in [7, 11) is 0. The molecule has 33 heavy (non-hydrogen) atoms. The van der Waals surface area contributed by atoms with Gasteiger partial charge in [-0.25, -0.2) is 0 Å². The van der Waals surface area contributed by atoms with Crippen molar-refractivity contribution in [2.45, 2.75) is 53.4 Å². The number of hydrogen-bond donors (Lipinski definition) is 2. The third-order valence-electron chi connectivity index (χ3n) is 6.49. The van der Waals surface area contributed by atoms with Crippen LogP contribution in [0.4, 0.5) is 10.7 Å². The van der Waals surface area contributed by atoms with Crippen molar-refractivity contribution in [1.82, 2.24) is 0 Å². The minimum absolute atomic E-state index is 0.100. The van der Waals surface area contributed by atoms with Crippen LogP contribution >= 0.6 is 11.3 Å². The van der Waals surface area contributed by atoms with Crippen LogP contribution in [0.1, 0.15) is 59.1 Å². The van der Waals surface area contributed by atoms with E-state index in [1.165, 1.54) is 4.88 Å². The molecule has 0 radical (unpaired) electrons. The van der Waals surface area contributed by atoms with Crippen LogP contribution in [-0.2, 0) is 24.1 Å². The Morgan fingerprint density at radius 1 is 1.00 bits per heavy atom. The number of thiophene rings is 1. The molecule has 2 aromatic carbocycles. The van der Waals surface area contributed by atoms with E-state index in [2.05, 4.69) is 31.4 Å². The first kappa shape index (κ1) is 23.2. The number of anilines is 2. The summed E-state index contributed by atoms with van der Waals surface area (Å²) >= 11 is 1.57.